The summed E-state index contributed by atoms with van der Waals surface area (Å²) in [4.78, 5) is 4.31. The number of anilines is 1. The first-order valence-corrected chi connectivity index (χ1v) is 5.57. The summed E-state index contributed by atoms with van der Waals surface area (Å²) >= 11 is 1.66. The maximum atomic E-state index is 4.31. The summed E-state index contributed by atoms with van der Waals surface area (Å²) in [6.45, 7) is 7.24. The monoisotopic (exact) mass is 199 g/mol. The number of hydrogen-bond acceptors (Lipinski definition) is 4. The fraction of sp³-hybridized carbons (Fsp3) is 0.667. The number of aromatic nitrogens is 1. The first kappa shape index (κ1) is 10.5. The largest absolute Gasteiger partial charge is 0.360 e. The Hall–Kier alpha value is -0.610. The summed E-state index contributed by atoms with van der Waals surface area (Å²) in [5.74, 6) is 0. The lowest BCUT2D eigenvalue weighted by atomic mass is 10.5. The van der Waals surface area contributed by atoms with Gasteiger partial charge in [0.25, 0.3) is 0 Å². The van der Waals surface area contributed by atoms with Crippen molar-refractivity contribution < 1.29 is 0 Å². The number of hydrogen-bond donors (Lipinski definition) is 2. The van der Waals surface area contributed by atoms with E-state index in [-0.39, 0.29) is 0 Å². The minimum Gasteiger partial charge on any atom is -0.360 e. The molecule has 13 heavy (non-hydrogen) atoms. The summed E-state index contributed by atoms with van der Waals surface area (Å²) in [6, 6.07) is 0. The zero-order chi connectivity index (χ0) is 9.52. The van der Waals surface area contributed by atoms with Crippen LogP contribution < -0.4 is 10.6 Å². The highest BCUT2D eigenvalue weighted by atomic mass is 32.1. The van der Waals surface area contributed by atoms with Crippen molar-refractivity contribution in [3.05, 3.63) is 11.1 Å². The lowest BCUT2D eigenvalue weighted by Gasteiger charge is -2.03. The Balaban J connectivity index is 2.06. The molecule has 0 saturated carbocycles. The van der Waals surface area contributed by atoms with Crippen molar-refractivity contribution in [3.8, 4) is 0 Å². The van der Waals surface area contributed by atoms with E-state index in [1.807, 2.05) is 6.92 Å². The van der Waals surface area contributed by atoms with Gasteiger partial charge in [-0.3, -0.25) is 0 Å². The Labute approximate surface area is 83.6 Å². The molecular weight excluding hydrogens is 182 g/mol. The highest BCUT2D eigenvalue weighted by Gasteiger charge is 1.95. The highest BCUT2D eigenvalue weighted by Crippen LogP contribution is 2.13. The Bertz CT molecular complexity index is 235. The first-order valence-electron chi connectivity index (χ1n) is 4.69. The van der Waals surface area contributed by atoms with Gasteiger partial charge < -0.3 is 10.6 Å². The van der Waals surface area contributed by atoms with Crippen molar-refractivity contribution in [1.82, 2.24) is 10.3 Å². The maximum absolute atomic E-state index is 4.31. The number of nitrogens with one attached hydrogen (secondary N) is 2. The molecule has 0 bridgehead atoms. The van der Waals surface area contributed by atoms with Crippen LogP contribution in [0, 0.1) is 6.92 Å². The van der Waals surface area contributed by atoms with E-state index in [9.17, 15) is 0 Å². The third-order valence-electron chi connectivity index (χ3n) is 1.62. The van der Waals surface area contributed by atoms with Gasteiger partial charge in [-0.2, -0.15) is 0 Å². The van der Waals surface area contributed by atoms with Gasteiger partial charge in [0, 0.05) is 18.5 Å². The van der Waals surface area contributed by atoms with Crippen LogP contribution in [0.4, 0.5) is 5.13 Å². The standard InChI is InChI=1S/C9H17N3S/c1-3-4-10-5-6-11-9-12-8(2)7-13-9/h7,10H,3-6H2,1-2H3,(H,11,12). The molecule has 0 spiro atoms. The van der Waals surface area contributed by atoms with Crippen molar-refractivity contribution in [3.63, 3.8) is 0 Å². The maximum Gasteiger partial charge on any atom is 0.182 e. The van der Waals surface area contributed by atoms with E-state index in [2.05, 4.69) is 27.9 Å². The van der Waals surface area contributed by atoms with Crippen molar-refractivity contribution in [2.75, 3.05) is 25.0 Å². The molecule has 74 valence electrons. The van der Waals surface area contributed by atoms with E-state index in [0.717, 1.165) is 30.5 Å². The van der Waals surface area contributed by atoms with Crippen molar-refractivity contribution >= 4 is 16.5 Å². The number of nitrogens with zero attached hydrogens (tertiary/aromatic N) is 1. The fourth-order valence-electron chi connectivity index (χ4n) is 0.995. The molecule has 0 aliphatic heterocycles. The second kappa shape index (κ2) is 5.94. The Morgan fingerprint density at radius 2 is 2.23 bits per heavy atom. The Morgan fingerprint density at radius 3 is 2.85 bits per heavy atom. The molecule has 4 heteroatoms. The molecule has 0 aliphatic carbocycles. The van der Waals surface area contributed by atoms with Gasteiger partial charge in [0.1, 0.15) is 0 Å². The first-order chi connectivity index (χ1) is 6.33. The van der Waals surface area contributed by atoms with E-state index < -0.39 is 0 Å². The molecular formula is C9H17N3S. The molecule has 0 fully saturated rings. The predicted molar refractivity (Wildman–Crippen MR) is 58.5 cm³/mol. The number of aryl methyl sites for hydroxylation is 1. The average molecular weight is 199 g/mol. The van der Waals surface area contributed by atoms with Crippen LogP contribution in [0.15, 0.2) is 5.38 Å². The lowest BCUT2D eigenvalue weighted by molar-refractivity contribution is 0.687. The van der Waals surface area contributed by atoms with Crippen LogP contribution in [-0.4, -0.2) is 24.6 Å². The Morgan fingerprint density at radius 1 is 1.38 bits per heavy atom. The molecule has 3 nitrogen and oxygen atoms in total. The molecule has 0 atom stereocenters. The third kappa shape index (κ3) is 4.24. The molecule has 0 amide bonds. The molecule has 1 aromatic rings. The average Bonchev–Trinajstić information content (AvgIpc) is 2.51. The van der Waals surface area contributed by atoms with Crippen LogP contribution in [0.25, 0.3) is 0 Å². The van der Waals surface area contributed by atoms with Crippen LogP contribution in [0.5, 0.6) is 0 Å². The Kier molecular flexibility index (Phi) is 4.78. The van der Waals surface area contributed by atoms with E-state index in [4.69, 9.17) is 0 Å². The molecule has 0 aliphatic rings. The van der Waals surface area contributed by atoms with Gasteiger partial charge in [-0.25, -0.2) is 4.98 Å². The molecule has 1 aromatic heterocycles. The van der Waals surface area contributed by atoms with Gasteiger partial charge in [0.05, 0.1) is 5.69 Å². The fourth-order valence-corrected chi connectivity index (χ4v) is 1.71. The molecule has 0 aromatic carbocycles. The second-order valence-electron chi connectivity index (χ2n) is 2.97. The summed E-state index contributed by atoms with van der Waals surface area (Å²) < 4.78 is 0. The van der Waals surface area contributed by atoms with Gasteiger partial charge in [-0.05, 0) is 19.9 Å². The normalized spacial score (nSPS) is 10.3. The minimum absolute atomic E-state index is 0.951. The van der Waals surface area contributed by atoms with Crippen molar-refractivity contribution in [2.45, 2.75) is 20.3 Å². The summed E-state index contributed by atoms with van der Waals surface area (Å²) in [6.07, 6.45) is 1.19. The van der Waals surface area contributed by atoms with Crippen LogP contribution in [-0.2, 0) is 0 Å². The minimum atomic E-state index is 0.951. The van der Waals surface area contributed by atoms with Gasteiger partial charge >= 0.3 is 0 Å². The van der Waals surface area contributed by atoms with Crippen molar-refractivity contribution in [1.29, 1.82) is 0 Å². The van der Waals surface area contributed by atoms with E-state index in [1.54, 1.807) is 11.3 Å². The zero-order valence-corrected chi connectivity index (χ0v) is 9.08. The SMILES string of the molecule is CCCNCCNc1nc(C)cs1. The van der Waals surface area contributed by atoms with Crippen LogP contribution in [0.1, 0.15) is 19.0 Å². The molecule has 1 rings (SSSR count). The number of thiazole rings is 1. The van der Waals surface area contributed by atoms with E-state index in [1.165, 1.54) is 6.42 Å². The second-order valence-corrected chi connectivity index (χ2v) is 3.83. The van der Waals surface area contributed by atoms with E-state index in [0.29, 0.717) is 0 Å². The summed E-state index contributed by atoms with van der Waals surface area (Å²) in [5.41, 5.74) is 1.09. The molecule has 0 saturated heterocycles. The summed E-state index contributed by atoms with van der Waals surface area (Å²) in [7, 11) is 0. The van der Waals surface area contributed by atoms with Crippen LogP contribution in [0.3, 0.4) is 0 Å². The van der Waals surface area contributed by atoms with Crippen LogP contribution in [0.2, 0.25) is 0 Å². The smallest absolute Gasteiger partial charge is 0.182 e. The molecule has 0 unspecified atom stereocenters. The number of rotatable bonds is 6. The third-order valence-corrected chi connectivity index (χ3v) is 2.54. The zero-order valence-electron chi connectivity index (χ0n) is 8.26. The lowest BCUT2D eigenvalue weighted by Crippen LogP contribution is -2.22. The molecule has 0 radical (unpaired) electrons. The topological polar surface area (TPSA) is 37.0 Å². The van der Waals surface area contributed by atoms with E-state index >= 15 is 0 Å². The van der Waals surface area contributed by atoms with Crippen molar-refractivity contribution in [2.24, 2.45) is 0 Å². The predicted octanol–water partition coefficient (Wildman–Crippen LogP) is 1.86. The van der Waals surface area contributed by atoms with Gasteiger partial charge in [-0.15, -0.1) is 11.3 Å². The molecule has 1 heterocycles. The van der Waals surface area contributed by atoms with Gasteiger partial charge in [0.2, 0.25) is 0 Å². The quantitative estimate of drug-likeness (QED) is 0.687. The van der Waals surface area contributed by atoms with Gasteiger partial charge in [-0.1, -0.05) is 6.92 Å². The summed E-state index contributed by atoms with van der Waals surface area (Å²) in [5, 5.41) is 9.68. The van der Waals surface area contributed by atoms with Crippen LogP contribution >= 0.6 is 11.3 Å². The van der Waals surface area contributed by atoms with Gasteiger partial charge in [0.15, 0.2) is 5.13 Å². The highest BCUT2D eigenvalue weighted by molar-refractivity contribution is 7.13. The molecule has 2 N–H and O–H groups in total.